The van der Waals surface area contributed by atoms with Gasteiger partial charge in [0.05, 0.1) is 35.6 Å². The Bertz CT molecular complexity index is 2030. The second-order valence-corrected chi connectivity index (χ2v) is 18.2. The van der Waals surface area contributed by atoms with Crippen molar-refractivity contribution >= 4 is 29.8 Å². The zero-order valence-electron chi connectivity index (χ0n) is 34.8. The number of aliphatic hydroxyl groups is 4. The third kappa shape index (κ3) is 7.99. The number of aliphatic hydroxyl groups excluding tert-OH is 3. The number of alkyl carbamates (subject to hydrolysis) is 1. The molecule has 11 atom stereocenters. The molecule has 0 radical (unpaired) electrons. The molecule has 0 spiro atoms. The van der Waals surface area contributed by atoms with Crippen molar-refractivity contribution in [3.63, 3.8) is 0 Å². The summed E-state index contributed by atoms with van der Waals surface area (Å²) in [7, 11) is 0. The van der Waals surface area contributed by atoms with Crippen LogP contribution in [0.1, 0.15) is 112 Å². The maximum Gasteiger partial charge on any atom is 0.408 e. The van der Waals surface area contributed by atoms with Crippen molar-refractivity contribution in [3.8, 4) is 0 Å². The van der Waals surface area contributed by atoms with E-state index in [0.29, 0.717) is 5.56 Å². The third-order valence-electron chi connectivity index (χ3n) is 13.1. The second-order valence-electron chi connectivity index (χ2n) is 18.2. The van der Waals surface area contributed by atoms with Gasteiger partial charge in [0.15, 0.2) is 17.5 Å². The van der Waals surface area contributed by atoms with Crippen LogP contribution in [0.5, 0.6) is 0 Å². The summed E-state index contributed by atoms with van der Waals surface area (Å²) in [6.07, 6.45) is -10.6. The molecule has 61 heavy (non-hydrogen) atoms. The Labute approximate surface area is 357 Å². The lowest BCUT2D eigenvalue weighted by molar-refractivity contribution is -0.383. The molecule has 1 aliphatic heterocycles. The molecule has 15 heteroatoms. The van der Waals surface area contributed by atoms with Gasteiger partial charge in [0, 0.05) is 25.2 Å². The van der Waals surface area contributed by atoms with Crippen LogP contribution in [0.3, 0.4) is 0 Å². The minimum absolute atomic E-state index is 0. The monoisotopic (exact) mass is 853 g/mol. The second kappa shape index (κ2) is 16.9. The van der Waals surface area contributed by atoms with Gasteiger partial charge in [-0.3, -0.25) is 9.59 Å². The standard InChI is InChI=1S/C44H55NO14.2CH4/c1-23-27(56-37(52)32(49)30(25-16-12-10-13-17-25)45-38(53)59-39(3,4)5)20-43(54)35(57-36(51)26-18-14-11-15-19-26)33-42(9,34(50)31(48)29(23)40(43,6)7)28(47)21-41(8)44(33,22-55-41)58-24(2)46;;/h10-19,27-28,30-33,35,47-49,54H,20-22H2,1-9H3,(H,45,53);2*1H4/t27-,28-,30-,31+,32+,33-,35-,41+,42+,43?,44+;;/m0../s1. The first-order valence-corrected chi connectivity index (χ1v) is 19.7. The first-order valence-electron chi connectivity index (χ1n) is 19.7. The number of amides is 1. The molecule has 2 bridgehead atoms. The van der Waals surface area contributed by atoms with Gasteiger partial charge in [-0.2, -0.15) is 0 Å². The van der Waals surface area contributed by atoms with Crippen molar-refractivity contribution < 1.29 is 68.1 Å². The molecule has 2 saturated carbocycles. The first-order chi connectivity index (χ1) is 27.3. The molecule has 4 aliphatic rings. The molecule has 1 saturated heterocycles. The van der Waals surface area contributed by atoms with Crippen molar-refractivity contribution in [2.45, 2.75) is 149 Å². The van der Waals surface area contributed by atoms with Crippen molar-refractivity contribution in [2.75, 3.05) is 6.61 Å². The molecular formula is C46H63NO14. The Morgan fingerprint density at radius 3 is 2.00 bits per heavy atom. The number of Topliss-reactive ketones (excluding diaryl/α,β-unsaturated/α-hetero) is 1. The van der Waals surface area contributed by atoms with Crippen molar-refractivity contribution in [3.05, 3.63) is 82.9 Å². The Hall–Kier alpha value is -4.67. The van der Waals surface area contributed by atoms with E-state index in [-0.39, 0.29) is 44.6 Å². The van der Waals surface area contributed by atoms with Crippen LogP contribution in [0.15, 0.2) is 71.8 Å². The summed E-state index contributed by atoms with van der Waals surface area (Å²) >= 11 is 0. The number of nitrogens with one attached hydrogen (secondary N) is 1. The van der Waals surface area contributed by atoms with E-state index in [1.165, 1.54) is 26.0 Å². The van der Waals surface area contributed by atoms with E-state index < -0.39 is 112 Å². The molecule has 1 heterocycles. The van der Waals surface area contributed by atoms with Gasteiger partial charge >= 0.3 is 24.0 Å². The molecule has 3 aliphatic carbocycles. The predicted molar refractivity (Wildman–Crippen MR) is 222 cm³/mol. The summed E-state index contributed by atoms with van der Waals surface area (Å²) in [4.78, 5) is 69.3. The van der Waals surface area contributed by atoms with Gasteiger partial charge in [0.2, 0.25) is 0 Å². The van der Waals surface area contributed by atoms with Gasteiger partial charge < -0.3 is 49.4 Å². The molecule has 0 aromatic heterocycles. The number of ether oxygens (including phenoxy) is 5. The van der Waals surface area contributed by atoms with Gasteiger partial charge in [0.1, 0.15) is 35.1 Å². The smallest absolute Gasteiger partial charge is 0.408 e. The number of carbonyl (C=O) groups excluding carboxylic acids is 5. The number of hydrogen-bond donors (Lipinski definition) is 5. The summed E-state index contributed by atoms with van der Waals surface area (Å²) in [5.41, 5.74) is -9.71. The lowest BCUT2D eigenvalue weighted by Gasteiger charge is -2.70. The highest BCUT2D eigenvalue weighted by Crippen LogP contribution is 2.66. The van der Waals surface area contributed by atoms with Crippen LogP contribution in [0.25, 0.3) is 0 Å². The van der Waals surface area contributed by atoms with Crippen molar-refractivity contribution in [1.29, 1.82) is 0 Å². The van der Waals surface area contributed by atoms with E-state index in [4.69, 9.17) is 23.7 Å². The first kappa shape index (κ1) is 49.0. The maximum atomic E-state index is 15.0. The van der Waals surface area contributed by atoms with Gasteiger partial charge in [-0.05, 0) is 70.4 Å². The van der Waals surface area contributed by atoms with E-state index in [1.807, 2.05) is 0 Å². The van der Waals surface area contributed by atoms with Gasteiger partial charge in [0.25, 0.3) is 0 Å². The largest absolute Gasteiger partial charge is 0.456 e. The number of fused-ring (bicyclic) bond motifs is 5. The molecule has 336 valence electrons. The average molecular weight is 854 g/mol. The topological polar surface area (TPSA) is 224 Å². The number of ketones is 1. The van der Waals surface area contributed by atoms with Crippen LogP contribution in [0.2, 0.25) is 0 Å². The number of hydrogen-bond acceptors (Lipinski definition) is 14. The summed E-state index contributed by atoms with van der Waals surface area (Å²) in [6, 6.07) is 14.6. The predicted octanol–water partition coefficient (Wildman–Crippen LogP) is 4.92. The Kier molecular flexibility index (Phi) is 13.6. The number of benzene rings is 2. The average Bonchev–Trinajstić information content (AvgIpc) is 3.15. The Morgan fingerprint density at radius 1 is 0.902 bits per heavy atom. The SMILES string of the molecule is C.C.CC(=O)O[C@@]12CO[C@]1(C)C[C@H](O)[C@@]1(C)C(=O)[C@H](O)C3=C(C)[C@@H](OC(=O)[C@H](O)[C@@H](NC(=O)OC(C)(C)C)c4ccccc4)CC(O)([C@@H](OC(=O)c4ccccc4)[C@@H]12)C3(C)C. The molecule has 1 unspecified atom stereocenters. The lowest BCUT2D eigenvalue weighted by atomic mass is 9.42. The number of rotatable bonds is 8. The van der Waals surface area contributed by atoms with Gasteiger partial charge in [-0.25, -0.2) is 14.4 Å². The molecule has 1 amide bonds. The lowest BCUT2D eigenvalue weighted by Crippen LogP contribution is -2.85. The highest BCUT2D eigenvalue weighted by Gasteiger charge is 2.81. The minimum Gasteiger partial charge on any atom is -0.456 e. The summed E-state index contributed by atoms with van der Waals surface area (Å²) < 4.78 is 29.9. The molecule has 2 aromatic rings. The van der Waals surface area contributed by atoms with E-state index in [1.54, 1.807) is 90.1 Å². The van der Waals surface area contributed by atoms with Crippen LogP contribution in [-0.2, 0) is 38.1 Å². The summed E-state index contributed by atoms with van der Waals surface area (Å²) in [5.74, 6) is -5.42. The van der Waals surface area contributed by atoms with Gasteiger partial charge in [-0.15, -0.1) is 0 Å². The fourth-order valence-electron chi connectivity index (χ4n) is 9.88. The summed E-state index contributed by atoms with van der Waals surface area (Å²) in [5, 5.41) is 51.9. The fraction of sp³-hybridized carbons (Fsp3) is 0.587. The zero-order valence-corrected chi connectivity index (χ0v) is 34.8. The molecule has 6 rings (SSSR count). The number of carbonyl (C=O) groups is 5. The van der Waals surface area contributed by atoms with Crippen LogP contribution >= 0.6 is 0 Å². The molecule has 2 aromatic carbocycles. The van der Waals surface area contributed by atoms with E-state index >= 15 is 4.79 Å². The van der Waals surface area contributed by atoms with Crippen LogP contribution in [-0.4, -0.2) is 110 Å². The highest BCUT2D eigenvalue weighted by molar-refractivity contribution is 5.94. The van der Waals surface area contributed by atoms with Crippen LogP contribution in [0.4, 0.5) is 4.79 Å². The van der Waals surface area contributed by atoms with Crippen LogP contribution < -0.4 is 5.32 Å². The van der Waals surface area contributed by atoms with Gasteiger partial charge in [-0.1, -0.05) is 77.2 Å². The number of esters is 3. The quantitative estimate of drug-likeness (QED) is 0.135. The molecule has 15 nitrogen and oxygen atoms in total. The highest BCUT2D eigenvalue weighted by atomic mass is 16.6. The van der Waals surface area contributed by atoms with E-state index in [0.717, 1.165) is 6.92 Å². The van der Waals surface area contributed by atoms with E-state index in [2.05, 4.69) is 5.32 Å². The van der Waals surface area contributed by atoms with Crippen LogP contribution in [0, 0.1) is 16.7 Å². The normalized spacial score (nSPS) is 33.5. The fourth-order valence-corrected chi connectivity index (χ4v) is 9.88. The molecular weight excluding hydrogens is 790 g/mol. The van der Waals surface area contributed by atoms with E-state index in [9.17, 15) is 39.6 Å². The minimum atomic E-state index is -2.37. The summed E-state index contributed by atoms with van der Waals surface area (Å²) in [6.45, 7) is 13.4. The molecule has 5 N–H and O–H groups in total. The zero-order chi connectivity index (χ0) is 43.7. The molecule has 3 fully saturated rings. The third-order valence-corrected chi connectivity index (χ3v) is 13.1. The Morgan fingerprint density at radius 2 is 1.48 bits per heavy atom. The maximum absolute atomic E-state index is 15.0. The van der Waals surface area contributed by atoms with Crippen molar-refractivity contribution in [1.82, 2.24) is 5.32 Å². The van der Waals surface area contributed by atoms with Crippen molar-refractivity contribution in [2.24, 2.45) is 16.7 Å². The Balaban J connectivity index is 0.00000410.